The minimum absolute atomic E-state index is 0.0967. The lowest BCUT2D eigenvalue weighted by atomic mass is 9.95. The first-order valence-electron chi connectivity index (χ1n) is 7.33. The highest BCUT2D eigenvalue weighted by Crippen LogP contribution is 2.34. The number of carbonyl (C=O) groups is 1. The molecular weight excluding hydrogens is 272 g/mol. The summed E-state index contributed by atoms with van der Waals surface area (Å²) in [5, 5.41) is 3.84. The molecule has 20 heavy (non-hydrogen) atoms. The third-order valence-electron chi connectivity index (χ3n) is 3.73. The lowest BCUT2D eigenvalue weighted by Gasteiger charge is -2.33. The summed E-state index contributed by atoms with van der Waals surface area (Å²) in [6, 6.07) is 0.0967. The van der Waals surface area contributed by atoms with Crippen molar-refractivity contribution < 1.29 is 4.79 Å². The lowest BCUT2D eigenvalue weighted by Crippen LogP contribution is -2.37. The van der Waals surface area contributed by atoms with Gasteiger partial charge in [0.15, 0.2) is 5.82 Å². The molecule has 1 unspecified atom stereocenters. The van der Waals surface area contributed by atoms with E-state index in [0.717, 1.165) is 18.1 Å². The third-order valence-corrected chi connectivity index (χ3v) is 4.65. The monoisotopic (exact) mass is 296 g/mol. The zero-order valence-corrected chi connectivity index (χ0v) is 13.3. The molecule has 2 heterocycles. The van der Waals surface area contributed by atoms with Crippen molar-refractivity contribution in [2.75, 3.05) is 23.7 Å². The van der Waals surface area contributed by atoms with Crippen LogP contribution in [0.3, 0.4) is 0 Å². The molecule has 0 radical (unpaired) electrons. The van der Waals surface area contributed by atoms with E-state index in [1.165, 1.54) is 30.8 Å². The minimum Gasteiger partial charge on any atom is -0.382 e. The van der Waals surface area contributed by atoms with E-state index in [0.29, 0.717) is 17.3 Å². The smallest absolute Gasteiger partial charge is 0.258 e. The molecule has 6 heteroatoms. The molecule has 3 N–H and O–H groups in total. The van der Waals surface area contributed by atoms with Crippen LogP contribution in [0.2, 0.25) is 0 Å². The van der Waals surface area contributed by atoms with Crippen LogP contribution < -0.4 is 16.0 Å². The summed E-state index contributed by atoms with van der Waals surface area (Å²) in [4.78, 5) is 14.6. The molecule has 1 saturated heterocycles. The zero-order valence-electron chi connectivity index (χ0n) is 12.5. The number of nitrogen functional groups attached to an aromatic ring is 1. The van der Waals surface area contributed by atoms with Gasteiger partial charge in [0.1, 0.15) is 10.6 Å². The summed E-state index contributed by atoms with van der Waals surface area (Å²) in [6.07, 6.45) is 3.62. The van der Waals surface area contributed by atoms with Crippen molar-refractivity contribution in [1.82, 2.24) is 9.69 Å². The Bertz CT molecular complexity index is 472. The van der Waals surface area contributed by atoms with Crippen LogP contribution in [-0.2, 0) is 0 Å². The van der Waals surface area contributed by atoms with Gasteiger partial charge >= 0.3 is 0 Å². The first kappa shape index (κ1) is 15.1. The number of anilines is 2. The molecule has 1 amide bonds. The van der Waals surface area contributed by atoms with Crippen LogP contribution in [0.25, 0.3) is 0 Å². The third kappa shape index (κ3) is 3.23. The Labute approximate surface area is 124 Å². The molecule has 1 aromatic rings. The molecule has 0 aromatic carbocycles. The Morgan fingerprint density at radius 2 is 2.35 bits per heavy atom. The van der Waals surface area contributed by atoms with E-state index in [1.54, 1.807) is 0 Å². The minimum atomic E-state index is -0.111. The average molecular weight is 296 g/mol. The lowest BCUT2D eigenvalue weighted by molar-refractivity contribution is 0.0944. The van der Waals surface area contributed by atoms with Gasteiger partial charge in [0.05, 0.1) is 0 Å². The van der Waals surface area contributed by atoms with Crippen molar-refractivity contribution in [2.24, 2.45) is 5.92 Å². The fraction of sp³-hybridized carbons (Fsp3) is 0.714. The molecule has 0 saturated carbocycles. The molecule has 1 atom stereocenters. The van der Waals surface area contributed by atoms with Crippen molar-refractivity contribution in [3.05, 3.63) is 5.56 Å². The molecule has 1 aromatic heterocycles. The second-order valence-corrected chi connectivity index (χ2v) is 6.49. The van der Waals surface area contributed by atoms with E-state index in [-0.39, 0.29) is 11.9 Å². The average Bonchev–Trinajstić information content (AvgIpc) is 2.80. The molecule has 1 fully saturated rings. The molecule has 0 bridgehead atoms. The van der Waals surface area contributed by atoms with Crippen LogP contribution in [0.1, 0.15) is 50.4 Å². The molecule has 5 nitrogen and oxygen atoms in total. The van der Waals surface area contributed by atoms with Crippen LogP contribution >= 0.6 is 11.5 Å². The second-order valence-electron chi connectivity index (χ2n) is 5.74. The van der Waals surface area contributed by atoms with Crippen molar-refractivity contribution in [3.8, 4) is 0 Å². The number of nitrogens with two attached hydrogens (primary N) is 1. The molecular formula is C14H24N4OS. The van der Waals surface area contributed by atoms with Gasteiger partial charge in [0.2, 0.25) is 0 Å². The first-order chi connectivity index (χ1) is 9.52. The number of hydrogen-bond donors (Lipinski definition) is 2. The van der Waals surface area contributed by atoms with Crippen LogP contribution in [0.5, 0.6) is 0 Å². The summed E-state index contributed by atoms with van der Waals surface area (Å²) in [5.41, 5.74) is 6.46. The van der Waals surface area contributed by atoms with Gasteiger partial charge in [0, 0.05) is 19.1 Å². The standard InChI is InChI=1S/C14H24N4OS/c1-4-10-6-5-7-18(8-10)14-11(12(15)17-20-14)13(19)16-9(2)3/h9-10H,4-8H2,1-3H3,(H2,15,17)(H,16,19). The quantitative estimate of drug-likeness (QED) is 0.895. The molecule has 1 aliphatic heterocycles. The number of carbonyl (C=O) groups excluding carboxylic acids is 1. The summed E-state index contributed by atoms with van der Waals surface area (Å²) >= 11 is 1.34. The van der Waals surface area contributed by atoms with Gasteiger partial charge in [0.25, 0.3) is 5.91 Å². The first-order valence-corrected chi connectivity index (χ1v) is 8.11. The predicted molar refractivity (Wildman–Crippen MR) is 84.4 cm³/mol. The summed E-state index contributed by atoms with van der Waals surface area (Å²) in [5.74, 6) is 0.940. The Kier molecular flexibility index (Phi) is 4.86. The van der Waals surface area contributed by atoms with Gasteiger partial charge in [-0.3, -0.25) is 4.79 Å². The number of hydrogen-bond acceptors (Lipinski definition) is 5. The predicted octanol–water partition coefficient (Wildman–Crippen LogP) is 2.49. The molecule has 112 valence electrons. The van der Waals surface area contributed by atoms with E-state index in [4.69, 9.17) is 5.73 Å². The molecule has 0 aliphatic carbocycles. The van der Waals surface area contributed by atoms with Crippen LogP contribution in [0, 0.1) is 5.92 Å². The molecule has 0 spiro atoms. The number of nitrogens with one attached hydrogen (secondary N) is 1. The maximum Gasteiger partial charge on any atom is 0.258 e. The number of piperidine rings is 1. The number of nitrogens with zero attached hydrogens (tertiary/aromatic N) is 2. The highest BCUT2D eigenvalue weighted by Gasteiger charge is 2.27. The maximum absolute atomic E-state index is 12.3. The topological polar surface area (TPSA) is 71.2 Å². The van der Waals surface area contributed by atoms with Crippen LogP contribution in [-0.4, -0.2) is 29.4 Å². The summed E-state index contributed by atoms with van der Waals surface area (Å²) in [7, 11) is 0. The van der Waals surface area contributed by atoms with E-state index in [2.05, 4.69) is 21.5 Å². The number of aromatic nitrogens is 1. The molecule has 1 aliphatic rings. The van der Waals surface area contributed by atoms with Crippen molar-refractivity contribution >= 4 is 28.3 Å². The van der Waals surface area contributed by atoms with E-state index >= 15 is 0 Å². The van der Waals surface area contributed by atoms with Crippen LogP contribution in [0.15, 0.2) is 0 Å². The number of rotatable bonds is 4. The Balaban J connectivity index is 2.22. The van der Waals surface area contributed by atoms with Crippen molar-refractivity contribution in [3.63, 3.8) is 0 Å². The Hall–Kier alpha value is -1.30. The Morgan fingerprint density at radius 3 is 3.00 bits per heavy atom. The van der Waals surface area contributed by atoms with Gasteiger partial charge in [-0.25, -0.2) is 0 Å². The maximum atomic E-state index is 12.3. The van der Waals surface area contributed by atoms with Gasteiger partial charge in [-0.1, -0.05) is 13.3 Å². The van der Waals surface area contributed by atoms with Gasteiger partial charge in [-0.15, -0.1) is 0 Å². The zero-order chi connectivity index (χ0) is 14.7. The van der Waals surface area contributed by atoms with Gasteiger partial charge in [-0.2, -0.15) is 4.37 Å². The second kappa shape index (κ2) is 6.43. The molecule has 2 rings (SSSR count). The van der Waals surface area contributed by atoms with E-state index in [1.807, 2.05) is 13.8 Å². The highest BCUT2D eigenvalue weighted by molar-refractivity contribution is 7.11. The largest absolute Gasteiger partial charge is 0.382 e. The van der Waals surface area contributed by atoms with Gasteiger partial charge < -0.3 is 16.0 Å². The van der Waals surface area contributed by atoms with E-state index in [9.17, 15) is 4.79 Å². The fourth-order valence-corrected chi connectivity index (χ4v) is 3.49. The summed E-state index contributed by atoms with van der Waals surface area (Å²) in [6.45, 7) is 8.10. The van der Waals surface area contributed by atoms with Crippen LogP contribution in [0.4, 0.5) is 10.8 Å². The SMILES string of the molecule is CCC1CCCN(c2snc(N)c2C(=O)NC(C)C)C1. The van der Waals surface area contributed by atoms with Crippen molar-refractivity contribution in [2.45, 2.75) is 46.1 Å². The fourth-order valence-electron chi connectivity index (χ4n) is 2.64. The highest BCUT2D eigenvalue weighted by atomic mass is 32.1. The summed E-state index contributed by atoms with van der Waals surface area (Å²) < 4.78 is 4.19. The van der Waals surface area contributed by atoms with E-state index < -0.39 is 0 Å². The van der Waals surface area contributed by atoms with Gasteiger partial charge in [-0.05, 0) is 44.1 Å². The normalized spacial score (nSPS) is 19.4. The Morgan fingerprint density at radius 1 is 1.60 bits per heavy atom. The van der Waals surface area contributed by atoms with Crippen molar-refractivity contribution in [1.29, 1.82) is 0 Å². The number of amides is 1.